The molecule has 6 heterocycles. The van der Waals surface area contributed by atoms with Crippen LogP contribution >= 0.6 is 0 Å². The molecule has 6 rings (SSSR count). The highest BCUT2D eigenvalue weighted by molar-refractivity contribution is 6.31. The number of ether oxygens (including phenoxy) is 9. The molecule has 0 fully saturated rings. The van der Waals surface area contributed by atoms with Crippen molar-refractivity contribution in [2.75, 3.05) is 119 Å². The zero-order chi connectivity index (χ0) is 77.7. The van der Waals surface area contributed by atoms with Gasteiger partial charge in [0.05, 0.1) is 271 Å². The molecule has 0 aliphatic heterocycles. The number of rotatable bonds is 62. The van der Waals surface area contributed by atoms with Gasteiger partial charge in [0.15, 0.2) is 0 Å². The van der Waals surface area contributed by atoms with Gasteiger partial charge in [0.2, 0.25) is 0 Å². The van der Waals surface area contributed by atoms with Gasteiger partial charge in [0.1, 0.15) is 64.3 Å². The minimum absolute atomic E-state index is 0.00591. The molecule has 0 aliphatic carbocycles. The summed E-state index contributed by atoms with van der Waals surface area (Å²) in [7, 11) is 1.59. The molecule has 0 saturated carbocycles. The molecule has 48 nitrogen and oxygen atoms in total. The summed E-state index contributed by atoms with van der Waals surface area (Å²) in [4.78, 5) is 4.15. The quantitative estimate of drug-likeness (QED) is 0.00959. The topological polar surface area (TPSA) is 623 Å². The normalized spacial score (nSPS) is 15.4. The number of aliphatic hydroxyl groups excluding tert-OH is 12. The first kappa shape index (κ1) is 88.3. The van der Waals surface area contributed by atoms with Gasteiger partial charge in [-0.05, 0) is 19.4 Å². The average Bonchev–Trinajstić information content (AvgIpc) is 1.75. The van der Waals surface area contributed by atoms with Crippen LogP contribution in [0.3, 0.4) is 0 Å². The maximum absolute atomic E-state index is 9.96. The van der Waals surface area contributed by atoms with Crippen molar-refractivity contribution in [1.29, 1.82) is 5.53 Å². The zero-order valence-electron chi connectivity index (χ0n) is 60.2. The largest absolute Gasteiger partial charge is 0.394 e. The van der Waals surface area contributed by atoms with E-state index in [1.807, 2.05) is 0 Å². The van der Waals surface area contributed by atoms with Crippen LogP contribution in [-0.4, -0.2) is 348 Å². The van der Waals surface area contributed by atoms with Crippen LogP contribution in [0.25, 0.3) is 0 Å². The van der Waals surface area contributed by atoms with Gasteiger partial charge in [-0.25, -0.2) is 28.1 Å². The second-order valence-corrected chi connectivity index (χ2v) is 24.3. The first-order valence-electron chi connectivity index (χ1n) is 34.2. The number of hydrogen-bond acceptors (Lipinski definition) is 40. The van der Waals surface area contributed by atoms with Crippen LogP contribution in [0, 0.1) is 5.53 Å². The number of nitrogens with one attached hydrogen (secondary N) is 3. The second kappa shape index (κ2) is 50.9. The molecule has 0 amide bonds. The maximum atomic E-state index is 9.96. The van der Waals surface area contributed by atoms with Crippen LogP contribution in [0.1, 0.15) is 48.0 Å². The number of aromatic nitrogens is 18. The summed E-state index contributed by atoms with van der Waals surface area (Å²) >= 11 is 0. The molecule has 0 aromatic carbocycles. The number of hydrogen-bond donors (Lipinski definition) is 15. The van der Waals surface area contributed by atoms with E-state index in [1.165, 1.54) is 40.5 Å². The Morgan fingerprint density at radius 3 is 1.26 bits per heavy atom. The standard InChI is InChI=1S/C60H101N27O21/c1-4-43(66-74-64-7-57(106-35-49-13-85(78-71-49)19-56(99)27-93)37-101-30-45-9-82(75-67-45)16-53(96)24-90)29-100-40-60(108-36-50-14-87(80-72-50)20-58(105-28-42(2)8-81(73-61)15-52(95)23-89)38-102-31-46-10-83(76-68-46)17-54(97)25-91)41-104-33-48-12-86(79-70-48)21-59(107-34-44(65-62-3)5-63-6-51(94)22-88)39-103-32-47-11-84(77-69-47)18-55(98)26-92/h4-5,8-14,51-62,88-99H,6-7,15-41H2,1-3H3,(H,64,66)/b42-8+,43-4-,63-5?,65-44?,73-61?. The predicted octanol–water partition coefficient (Wildman–Crippen LogP) is -6.86. The molecule has 6 aromatic rings. The van der Waals surface area contributed by atoms with Crippen molar-refractivity contribution in [2.45, 2.75) is 154 Å². The molecule has 0 radical (unpaired) electrons. The molecule has 15 N–H and O–H groups in total. The molecule has 10 atom stereocenters. The third-order valence-corrected chi connectivity index (χ3v) is 14.5. The number of aliphatic imine (C=N–C) groups is 1. The lowest BCUT2D eigenvalue weighted by Crippen LogP contribution is -2.29. The Kier molecular flexibility index (Phi) is 41.7. The van der Waals surface area contributed by atoms with E-state index < -0.39 is 101 Å². The fourth-order valence-corrected chi connectivity index (χ4v) is 9.10. The summed E-state index contributed by atoms with van der Waals surface area (Å²) < 4.78 is 63.9. The lowest BCUT2D eigenvalue weighted by molar-refractivity contribution is -0.0685. The molecule has 10 unspecified atom stereocenters. The number of allylic oxidation sites excluding steroid dienone is 1. The maximum Gasteiger partial charge on any atom is 0.108 e. The van der Waals surface area contributed by atoms with Crippen LogP contribution < -0.4 is 10.9 Å². The lowest BCUT2D eigenvalue weighted by atomic mass is 10.3. The van der Waals surface area contributed by atoms with Gasteiger partial charge >= 0.3 is 0 Å². The Balaban J connectivity index is 1.13. The number of nitrogens with zero attached hydrogens (tertiary/aromatic N) is 24. The minimum Gasteiger partial charge on any atom is -0.394 e. The van der Waals surface area contributed by atoms with Crippen molar-refractivity contribution >= 4 is 11.9 Å². The molecule has 0 saturated heterocycles. The summed E-state index contributed by atoms with van der Waals surface area (Å²) in [5.74, 6) is 0. The Morgan fingerprint density at radius 1 is 0.472 bits per heavy atom. The van der Waals surface area contributed by atoms with E-state index in [-0.39, 0.29) is 151 Å². The van der Waals surface area contributed by atoms with E-state index >= 15 is 0 Å². The number of aliphatic hydroxyl groups is 12. The lowest BCUT2D eigenvalue weighted by Gasteiger charge is -2.20. The summed E-state index contributed by atoms with van der Waals surface area (Å²) in [5.41, 5.74) is 17.2. The summed E-state index contributed by atoms with van der Waals surface area (Å²) in [6, 6.07) is 0. The van der Waals surface area contributed by atoms with Crippen molar-refractivity contribution in [3.05, 3.63) is 94.9 Å². The van der Waals surface area contributed by atoms with Crippen molar-refractivity contribution in [2.24, 2.45) is 25.7 Å². The van der Waals surface area contributed by atoms with Gasteiger partial charge in [-0.2, -0.15) is 15.7 Å². The van der Waals surface area contributed by atoms with E-state index in [0.29, 0.717) is 51.1 Å². The molecule has 0 bridgehead atoms. The molecule has 0 aliphatic rings. The van der Waals surface area contributed by atoms with Crippen LogP contribution in [0.4, 0.5) is 0 Å². The SMILES string of the molecule is C/C=C(/COCC(COCc1cn(CC(COCc2cn(CC(O)CO)nn2)OCC(C=NCC(O)CO)=NNC)nn1)OCc1cn(CC(COCc2cn(CC(O)CO)nn2)OC/C(C)=C/N(CC(O)CO)N=N)nn1)NN=NCC(COCc1cn(CC(O)CO)nn1)OCc1cn(CC(O)CO)nn1. The first-order chi connectivity index (χ1) is 52.4. The molecule has 48 heteroatoms. The molecular formula is C60H101N27O21. The predicted molar refractivity (Wildman–Crippen MR) is 367 cm³/mol. The zero-order valence-corrected chi connectivity index (χ0v) is 60.2. The third-order valence-electron chi connectivity index (χ3n) is 14.5. The van der Waals surface area contributed by atoms with Crippen molar-refractivity contribution in [3.63, 3.8) is 0 Å². The van der Waals surface area contributed by atoms with Crippen LogP contribution in [-0.2, 0) is 122 Å². The van der Waals surface area contributed by atoms with Crippen molar-refractivity contribution in [1.82, 2.24) is 106 Å². The summed E-state index contributed by atoms with van der Waals surface area (Å²) in [5, 5.41) is 182. The van der Waals surface area contributed by atoms with Crippen molar-refractivity contribution < 1.29 is 104 Å². The van der Waals surface area contributed by atoms with Crippen LogP contribution in [0.2, 0.25) is 0 Å². The Bertz CT molecular complexity index is 3550. The Morgan fingerprint density at radius 2 is 0.852 bits per heavy atom. The summed E-state index contributed by atoms with van der Waals surface area (Å²) in [6.45, 7) is 0.608. The van der Waals surface area contributed by atoms with Crippen LogP contribution in [0.5, 0.6) is 0 Å². The third kappa shape index (κ3) is 35.6. The average molecular weight is 1540 g/mol. The van der Waals surface area contributed by atoms with Gasteiger partial charge in [0.25, 0.3) is 0 Å². The highest BCUT2D eigenvalue weighted by atomic mass is 16.6. The molecule has 0 spiro atoms. The highest BCUT2D eigenvalue weighted by Gasteiger charge is 2.21. The molecular weight excluding hydrogens is 1430 g/mol. The smallest absolute Gasteiger partial charge is 0.108 e. The van der Waals surface area contributed by atoms with E-state index in [4.69, 9.17) is 48.2 Å². The highest BCUT2D eigenvalue weighted by Crippen LogP contribution is 2.13. The van der Waals surface area contributed by atoms with Gasteiger partial charge < -0.3 is 109 Å². The van der Waals surface area contributed by atoms with E-state index in [0.717, 1.165) is 5.01 Å². The van der Waals surface area contributed by atoms with E-state index in [1.54, 1.807) is 64.2 Å². The Labute approximate surface area is 618 Å². The fourth-order valence-electron chi connectivity index (χ4n) is 9.10. The monoisotopic (exact) mass is 1540 g/mol. The molecule has 108 heavy (non-hydrogen) atoms. The minimum atomic E-state index is -1.14. The van der Waals surface area contributed by atoms with E-state index in [9.17, 15) is 61.3 Å². The molecule has 602 valence electrons. The Hall–Kier alpha value is -8.58. The van der Waals surface area contributed by atoms with Gasteiger partial charge in [0, 0.05) is 19.5 Å². The van der Waals surface area contributed by atoms with Crippen LogP contribution in [0.15, 0.2) is 86.4 Å². The second-order valence-electron chi connectivity index (χ2n) is 24.3. The van der Waals surface area contributed by atoms with Gasteiger partial charge in [-0.1, -0.05) is 47.8 Å². The first-order valence-corrected chi connectivity index (χ1v) is 34.2. The van der Waals surface area contributed by atoms with Gasteiger partial charge in [-0.15, -0.1) is 30.6 Å². The van der Waals surface area contributed by atoms with Gasteiger partial charge in [-0.3, -0.25) is 15.4 Å². The van der Waals surface area contributed by atoms with E-state index in [2.05, 4.69) is 98.4 Å². The number of hydrazone groups is 1. The van der Waals surface area contributed by atoms with Crippen molar-refractivity contribution in [3.8, 4) is 0 Å². The molecule has 6 aromatic heterocycles. The fraction of sp³-hybridized carbons (Fsp3) is 0.700. The summed E-state index contributed by atoms with van der Waals surface area (Å²) in [6.07, 6.45) is 5.12.